The second-order valence-corrected chi connectivity index (χ2v) is 2.63. The van der Waals surface area contributed by atoms with Crippen LogP contribution in [0.2, 0.25) is 0 Å². The van der Waals surface area contributed by atoms with Crippen LogP contribution in [0.3, 0.4) is 0 Å². The van der Waals surface area contributed by atoms with Gasteiger partial charge in [0.2, 0.25) is 0 Å². The van der Waals surface area contributed by atoms with Crippen LogP contribution in [0, 0.1) is 0 Å². The van der Waals surface area contributed by atoms with Crippen LogP contribution in [0.25, 0.3) is 0 Å². The smallest absolute Gasteiger partial charge is 0.352 e. The van der Waals surface area contributed by atoms with E-state index < -0.39 is 6.11 Å². The lowest BCUT2D eigenvalue weighted by atomic mass is 10.6. The monoisotopic (exact) mass is 212 g/mol. The standard InChI is InChI=1S/C4H8O.C3H6F2O.C3H8/c1-4(2)5-3;1-3(4,5)6-2;1-3-2/h1H2,2-3H3;1-2H3;3H2,1-2H3. The summed E-state index contributed by atoms with van der Waals surface area (Å²) in [5, 5.41) is 0. The molecule has 0 radical (unpaired) electrons. The lowest BCUT2D eigenvalue weighted by Crippen LogP contribution is -2.10. The molecule has 0 aliphatic carbocycles. The number of halogens is 2. The minimum atomic E-state index is -2.96. The van der Waals surface area contributed by atoms with Gasteiger partial charge in [-0.1, -0.05) is 26.8 Å². The number of rotatable bonds is 2. The molecule has 0 amide bonds. The number of hydrogen-bond donors (Lipinski definition) is 0. The third kappa shape index (κ3) is 64.1. The van der Waals surface area contributed by atoms with Crippen LogP contribution < -0.4 is 0 Å². The Hall–Kier alpha value is -0.640. The summed E-state index contributed by atoms with van der Waals surface area (Å²) in [6.07, 6.45) is -1.71. The first-order valence-electron chi connectivity index (χ1n) is 4.37. The van der Waals surface area contributed by atoms with E-state index >= 15 is 0 Å². The van der Waals surface area contributed by atoms with Crippen molar-refractivity contribution in [3.63, 3.8) is 0 Å². The van der Waals surface area contributed by atoms with E-state index in [-0.39, 0.29) is 0 Å². The zero-order valence-electron chi connectivity index (χ0n) is 9.99. The van der Waals surface area contributed by atoms with Crippen LogP contribution in [-0.2, 0) is 9.47 Å². The van der Waals surface area contributed by atoms with Gasteiger partial charge >= 0.3 is 6.11 Å². The van der Waals surface area contributed by atoms with Gasteiger partial charge in [-0.25, -0.2) is 0 Å². The maximum Gasteiger partial charge on any atom is 0.352 e. The Morgan fingerprint density at radius 2 is 1.43 bits per heavy atom. The summed E-state index contributed by atoms with van der Waals surface area (Å²) < 4.78 is 30.6. The molecule has 0 fully saturated rings. The number of ether oxygens (including phenoxy) is 2. The van der Waals surface area contributed by atoms with Crippen LogP contribution in [0.5, 0.6) is 0 Å². The highest BCUT2D eigenvalue weighted by atomic mass is 19.3. The van der Waals surface area contributed by atoms with Gasteiger partial charge in [-0.15, -0.1) is 0 Å². The van der Waals surface area contributed by atoms with Crippen molar-refractivity contribution >= 4 is 0 Å². The minimum Gasteiger partial charge on any atom is -0.502 e. The third-order valence-electron chi connectivity index (χ3n) is 0.707. The zero-order valence-corrected chi connectivity index (χ0v) is 9.99. The summed E-state index contributed by atoms with van der Waals surface area (Å²) in [6, 6.07) is 0. The molecule has 0 aromatic heterocycles. The van der Waals surface area contributed by atoms with Crippen LogP contribution in [0.1, 0.15) is 34.1 Å². The lowest BCUT2D eigenvalue weighted by molar-refractivity contribution is -0.205. The molecule has 0 unspecified atom stereocenters. The predicted octanol–water partition coefficient (Wildman–Crippen LogP) is 3.83. The van der Waals surface area contributed by atoms with Gasteiger partial charge in [-0.2, -0.15) is 8.78 Å². The molecular weight excluding hydrogens is 190 g/mol. The van der Waals surface area contributed by atoms with Crippen molar-refractivity contribution in [1.82, 2.24) is 0 Å². The van der Waals surface area contributed by atoms with Crippen molar-refractivity contribution in [2.75, 3.05) is 14.2 Å². The van der Waals surface area contributed by atoms with E-state index in [0.717, 1.165) is 12.9 Å². The molecule has 0 aromatic rings. The number of hydrogen-bond acceptors (Lipinski definition) is 2. The summed E-state index contributed by atoms with van der Waals surface area (Å²) in [7, 11) is 2.56. The van der Waals surface area contributed by atoms with Gasteiger partial charge in [0.25, 0.3) is 0 Å². The van der Waals surface area contributed by atoms with Crippen molar-refractivity contribution in [1.29, 1.82) is 0 Å². The molecule has 88 valence electrons. The van der Waals surface area contributed by atoms with Gasteiger partial charge in [0.15, 0.2) is 0 Å². The second kappa shape index (κ2) is 12.4. The Morgan fingerprint density at radius 3 is 1.43 bits per heavy atom. The molecule has 0 N–H and O–H groups in total. The molecule has 14 heavy (non-hydrogen) atoms. The Bertz CT molecular complexity index is 120. The third-order valence-corrected chi connectivity index (χ3v) is 0.707. The molecule has 0 bridgehead atoms. The molecule has 0 rings (SSSR count). The Morgan fingerprint density at radius 1 is 1.29 bits per heavy atom. The highest BCUT2D eigenvalue weighted by molar-refractivity contribution is 4.71. The zero-order chi connectivity index (χ0) is 12.2. The fraction of sp³-hybridized carbons (Fsp3) is 0.800. The predicted molar refractivity (Wildman–Crippen MR) is 55.4 cm³/mol. The molecule has 4 heteroatoms. The van der Waals surface area contributed by atoms with Crippen LogP contribution in [0.4, 0.5) is 8.78 Å². The van der Waals surface area contributed by atoms with E-state index in [9.17, 15) is 8.78 Å². The largest absolute Gasteiger partial charge is 0.502 e. The molecule has 0 aliphatic heterocycles. The van der Waals surface area contributed by atoms with E-state index in [1.165, 1.54) is 6.42 Å². The fourth-order valence-corrected chi connectivity index (χ4v) is 0. The molecule has 0 aromatic carbocycles. The van der Waals surface area contributed by atoms with Gasteiger partial charge in [-0.05, 0) is 6.92 Å². The topological polar surface area (TPSA) is 18.5 Å². The van der Waals surface area contributed by atoms with Crippen LogP contribution in [0.15, 0.2) is 12.3 Å². The van der Waals surface area contributed by atoms with Crippen molar-refractivity contribution in [2.24, 2.45) is 0 Å². The van der Waals surface area contributed by atoms with Crippen molar-refractivity contribution < 1.29 is 18.3 Å². The first-order chi connectivity index (χ1) is 6.24. The Balaban J connectivity index is -0.000000138. The van der Waals surface area contributed by atoms with Gasteiger partial charge < -0.3 is 9.47 Å². The van der Waals surface area contributed by atoms with E-state index in [0.29, 0.717) is 6.92 Å². The van der Waals surface area contributed by atoms with E-state index in [4.69, 9.17) is 0 Å². The van der Waals surface area contributed by atoms with Gasteiger partial charge in [0.05, 0.1) is 12.9 Å². The Labute approximate surface area is 85.9 Å². The van der Waals surface area contributed by atoms with Crippen LogP contribution >= 0.6 is 0 Å². The van der Waals surface area contributed by atoms with Crippen molar-refractivity contribution in [3.05, 3.63) is 12.3 Å². The van der Waals surface area contributed by atoms with E-state index in [1.54, 1.807) is 14.0 Å². The summed E-state index contributed by atoms with van der Waals surface area (Å²) in [5.41, 5.74) is 0. The average Bonchev–Trinajstić information content (AvgIpc) is 2.06. The molecule has 0 saturated heterocycles. The molecule has 0 aliphatic rings. The molecule has 0 atom stereocenters. The van der Waals surface area contributed by atoms with Gasteiger partial charge in [-0.3, -0.25) is 0 Å². The Kier molecular flexibility index (Phi) is 16.8. The normalized spacial score (nSPS) is 8.86. The highest BCUT2D eigenvalue weighted by Gasteiger charge is 2.17. The van der Waals surface area contributed by atoms with Crippen molar-refractivity contribution in [2.45, 2.75) is 40.2 Å². The maximum atomic E-state index is 11.2. The summed E-state index contributed by atoms with van der Waals surface area (Å²) in [4.78, 5) is 0. The SMILES string of the molecule is C=C(C)OC.CCC.COC(C)(F)F. The van der Waals surface area contributed by atoms with Gasteiger partial charge in [0.1, 0.15) is 0 Å². The molecular formula is C10H22F2O2. The minimum absolute atomic E-state index is 0.688. The average molecular weight is 212 g/mol. The van der Waals surface area contributed by atoms with Crippen molar-refractivity contribution in [3.8, 4) is 0 Å². The van der Waals surface area contributed by atoms with Gasteiger partial charge in [0, 0.05) is 14.0 Å². The molecule has 0 heterocycles. The van der Waals surface area contributed by atoms with E-state index in [1.807, 2.05) is 0 Å². The first-order valence-corrected chi connectivity index (χ1v) is 4.37. The summed E-state index contributed by atoms with van der Waals surface area (Å²) in [6.45, 7) is 10.2. The molecule has 0 saturated carbocycles. The molecule has 2 nitrogen and oxygen atoms in total. The fourth-order valence-electron chi connectivity index (χ4n) is 0. The number of allylic oxidation sites excluding steroid dienone is 1. The van der Waals surface area contributed by atoms with Crippen LogP contribution in [-0.4, -0.2) is 20.3 Å². The quantitative estimate of drug-likeness (QED) is 0.648. The molecule has 0 spiro atoms. The summed E-state index contributed by atoms with van der Waals surface area (Å²) >= 11 is 0. The number of methoxy groups -OCH3 is 2. The lowest BCUT2D eigenvalue weighted by Gasteiger charge is -2.03. The number of alkyl halides is 2. The first kappa shape index (κ1) is 19.0. The highest BCUT2D eigenvalue weighted by Crippen LogP contribution is 2.09. The van der Waals surface area contributed by atoms with E-state index in [2.05, 4.69) is 29.9 Å². The second-order valence-electron chi connectivity index (χ2n) is 2.63. The maximum absolute atomic E-state index is 11.2. The summed E-state index contributed by atoms with van der Waals surface area (Å²) in [5.74, 6) is 0.755.